The number of hydrogen-bond donors (Lipinski definition) is 1. The van der Waals surface area contributed by atoms with Crippen molar-refractivity contribution >= 4 is 11.7 Å². The number of oxazole rings is 1. The average molecular weight is 345 g/mol. The predicted molar refractivity (Wildman–Crippen MR) is 91.4 cm³/mol. The molecule has 0 radical (unpaired) electrons. The van der Waals surface area contributed by atoms with Crippen LogP contribution in [-0.4, -0.2) is 63.1 Å². The molecule has 3 rings (SSSR count). The van der Waals surface area contributed by atoms with E-state index in [9.17, 15) is 9.90 Å². The van der Waals surface area contributed by atoms with Crippen LogP contribution in [0.1, 0.15) is 34.8 Å². The third-order valence-electron chi connectivity index (χ3n) is 4.49. The van der Waals surface area contributed by atoms with Crippen LogP contribution in [0.2, 0.25) is 0 Å². The summed E-state index contributed by atoms with van der Waals surface area (Å²) in [5.41, 5.74) is 0.424. The van der Waals surface area contributed by atoms with Crippen molar-refractivity contribution < 1.29 is 14.3 Å². The highest BCUT2D eigenvalue weighted by Gasteiger charge is 2.36. The van der Waals surface area contributed by atoms with Crippen LogP contribution in [0.3, 0.4) is 0 Å². The van der Waals surface area contributed by atoms with Crippen molar-refractivity contribution in [1.82, 2.24) is 19.9 Å². The van der Waals surface area contributed by atoms with E-state index in [2.05, 4.69) is 15.0 Å². The number of nitrogens with zero attached hydrogens (tertiary/aromatic N) is 5. The maximum absolute atomic E-state index is 12.5. The molecule has 2 aromatic heterocycles. The van der Waals surface area contributed by atoms with E-state index in [1.165, 1.54) is 17.6 Å². The van der Waals surface area contributed by atoms with Crippen LogP contribution in [0.5, 0.6) is 0 Å². The second kappa shape index (κ2) is 6.79. The van der Waals surface area contributed by atoms with Gasteiger partial charge in [0.05, 0.1) is 17.8 Å². The lowest BCUT2D eigenvalue weighted by atomic mass is 9.92. The van der Waals surface area contributed by atoms with Crippen molar-refractivity contribution in [3.05, 3.63) is 35.9 Å². The first-order chi connectivity index (χ1) is 11.9. The third kappa shape index (κ3) is 3.79. The molecule has 1 saturated heterocycles. The molecule has 1 N–H and O–H groups in total. The minimum Gasteiger partial charge on any atom is -0.438 e. The molecule has 1 aliphatic heterocycles. The number of amides is 1. The quantitative estimate of drug-likeness (QED) is 0.889. The number of rotatable bonds is 4. The van der Waals surface area contributed by atoms with Crippen molar-refractivity contribution in [2.24, 2.45) is 0 Å². The van der Waals surface area contributed by atoms with Crippen molar-refractivity contribution in [1.29, 1.82) is 0 Å². The Morgan fingerprint density at radius 2 is 2.20 bits per heavy atom. The topological polar surface area (TPSA) is 95.6 Å². The van der Waals surface area contributed by atoms with Gasteiger partial charge in [-0.2, -0.15) is 0 Å². The lowest BCUT2D eigenvalue weighted by Crippen LogP contribution is -2.55. The number of aliphatic hydroxyl groups is 1. The van der Waals surface area contributed by atoms with E-state index in [1.807, 2.05) is 17.9 Å². The Bertz CT molecular complexity index is 762. The monoisotopic (exact) mass is 345 g/mol. The van der Waals surface area contributed by atoms with Gasteiger partial charge in [0.25, 0.3) is 5.91 Å². The highest BCUT2D eigenvalue weighted by molar-refractivity contribution is 5.92. The SMILES string of the molecule is Cc1cc(N2CCC[C@@](O)(CN(C)C(=O)c3ocnc3C)C2)ncn1. The summed E-state index contributed by atoms with van der Waals surface area (Å²) in [6.07, 6.45) is 4.23. The van der Waals surface area contributed by atoms with Crippen molar-refractivity contribution in [3.8, 4) is 0 Å². The maximum Gasteiger partial charge on any atom is 0.291 e. The molecule has 8 nitrogen and oxygen atoms in total. The molecule has 0 saturated carbocycles. The third-order valence-corrected chi connectivity index (χ3v) is 4.49. The Morgan fingerprint density at radius 1 is 1.40 bits per heavy atom. The van der Waals surface area contributed by atoms with Crippen LogP contribution in [0.15, 0.2) is 23.2 Å². The predicted octanol–water partition coefficient (Wildman–Crippen LogP) is 1.18. The van der Waals surface area contributed by atoms with E-state index >= 15 is 0 Å². The summed E-state index contributed by atoms with van der Waals surface area (Å²) in [6.45, 7) is 5.08. The molecule has 0 unspecified atom stereocenters. The first kappa shape index (κ1) is 17.3. The smallest absolute Gasteiger partial charge is 0.291 e. The fourth-order valence-corrected chi connectivity index (χ4v) is 3.24. The molecular weight excluding hydrogens is 322 g/mol. The maximum atomic E-state index is 12.5. The molecule has 3 heterocycles. The van der Waals surface area contributed by atoms with Crippen molar-refractivity contribution in [3.63, 3.8) is 0 Å². The Balaban J connectivity index is 1.70. The number of anilines is 1. The summed E-state index contributed by atoms with van der Waals surface area (Å²) in [4.78, 5) is 28.4. The molecular formula is C17H23N5O3. The lowest BCUT2D eigenvalue weighted by Gasteiger charge is -2.41. The summed E-state index contributed by atoms with van der Waals surface area (Å²) in [7, 11) is 1.66. The van der Waals surface area contributed by atoms with Gasteiger partial charge >= 0.3 is 0 Å². The summed E-state index contributed by atoms with van der Waals surface area (Å²) in [6, 6.07) is 1.90. The number of likely N-dealkylation sites (N-methyl/N-ethyl adjacent to an activating group) is 1. The van der Waals surface area contributed by atoms with E-state index < -0.39 is 5.60 Å². The summed E-state index contributed by atoms with van der Waals surface area (Å²) >= 11 is 0. The van der Waals surface area contributed by atoms with Gasteiger partial charge in [-0.15, -0.1) is 0 Å². The summed E-state index contributed by atoms with van der Waals surface area (Å²) < 4.78 is 5.16. The van der Waals surface area contributed by atoms with Crippen LogP contribution >= 0.6 is 0 Å². The first-order valence-electron chi connectivity index (χ1n) is 8.29. The Hall–Kier alpha value is -2.48. The number of aromatic nitrogens is 3. The van der Waals surface area contributed by atoms with Gasteiger partial charge in [-0.1, -0.05) is 0 Å². The Morgan fingerprint density at radius 3 is 2.88 bits per heavy atom. The van der Waals surface area contributed by atoms with Gasteiger partial charge in [0.2, 0.25) is 5.76 Å². The molecule has 0 aromatic carbocycles. The highest BCUT2D eigenvalue weighted by Crippen LogP contribution is 2.26. The number of aryl methyl sites for hydroxylation is 2. The van der Waals surface area contributed by atoms with Gasteiger partial charge < -0.3 is 19.3 Å². The van der Waals surface area contributed by atoms with E-state index in [1.54, 1.807) is 14.0 Å². The van der Waals surface area contributed by atoms with Crippen LogP contribution in [0.25, 0.3) is 0 Å². The molecule has 0 aliphatic carbocycles. The minimum atomic E-state index is -1.00. The average Bonchev–Trinajstić information content (AvgIpc) is 2.99. The Kier molecular flexibility index (Phi) is 4.71. The first-order valence-corrected chi connectivity index (χ1v) is 8.29. The minimum absolute atomic E-state index is 0.213. The fraction of sp³-hybridized carbons (Fsp3) is 0.529. The van der Waals surface area contributed by atoms with E-state index in [0.29, 0.717) is 18.7 Å². The molecule has 0 spiro atoms. The van der Waals surface area contributed by atoms with Gasteiger partial charge in [-0.25, -0.2) is 15.0 Å². The molecule has 25 heavy (non-hydrogen) atoms. The van der Waals surface area contributed by atoms with Gasteiger partial charge in [0.15, 0.2) is 6.39 Å². The zero-order valence-electron chi connectivity index (χ0n) is 14.8. The van der Waals surface area contributed by atoms with Gasteiger partial charge in [-0.3, -0.25) is 4.79 Å². The number of hydrogen-bond acceptors (Lipinski definition) is 7. The zero-order valence-corrected chi connectivity index (χ0v) is 14.8. The molecule has 134 valence electrons. The van der Waals surface area contributed by atoms with Crippen molar-refractivity contribution in [2.75, 3.05) is 31.6 Å². The fourth-order valence-electron chi connectivity index (χ4n) is 3.24. The highest BCUT2D eigenvalue weighted by atomic mass is 16.4. The molecule has 1 aliphatic rings. The van der Waals surface area contributed by atoms with E-state index in [0.717, 1.165) is 24.5 Å². The van der Waals surface area contributed by atoms with Crippen LogP contribution in [0.4, 0.5) is 5.82 Å². The number of β-amino-alcohol motifs (C(OH)–C–C–N with tert-alkyl or cyclic N) is 1. The van der Waals surface area contributed by atoms with Gasteiger partial charge in [-0.05, 0) is 26.7 Å². The number of carbonyl (C=O) groups is 1. The molecule has 2 aromatic rings. The molecule has 0 bridgehead atoms. The molecule has 8 heteroatoms. The van der Waals surface area contributed by atoms with E-state index in [4.69, 9.17) is 4.42 Å². The summed E-state index contributed by atoms with van der Waals surface area (Å²) in [5, 5.41) is 11.0. The lowest BCUT2D eigenvalue weighted by molar-refractivity contribution is -0.000904. The van der Waals surface area contributed by atoms with Crippen LogP contribution in [0, 0.1) is 13.8 Å². The normalized spacial score (nSPS) is 20.6. The van der Waals surface area contributed by atoms with Crippen molar-refractivity contribution in [2.45, 2.75) is 32.3 Å². The molecule has 1 fully saturated rings. The largest absolute Gasteiger partial charge is 0.438 e. The second-order valence-electron chi connectivity index (χ2n) is 6.70. The standard InChI is InChI=1S/C17H23N5O3/c1-12-7-14(19-10-18-12)22-6-4-5-17(24,9-22)8-21(3)16(23)15-13(2)20-11-25-15/h7,10-11,24H,4-6,8-9H2,1-3H3/t17-/m1/s1. The van der Waals surface area contributed by atoms with Crippen LogP contribution < -0.4 is 4.90 Å². The van der Waals surface area contributed by atoms with Gasteiger partial charge in [0.1, 0.15) is 12.1 Å². The molecule has 1 atom stereocenters. The number of piperidine rings is 1. The van der Waals surface area contributed by atoms with E-state index in [-0.39, 0.29) is 18.2 Å². The summed E-state index contributed by atoms with van der Waals surface area (Å²) in [5.74, 6) is 0.731. The molecule has 1 amide bonds. The van der Waals surface area contributed by atoms with Gasteiger partial charge in [0, 0.05) is 31.9 Å². The number of carbonyl (C=O) groups excluding carboxylic acids is 1. The van der Waals surface area contributed by atoms with Crippen LogP contribution in [-0.2, 0) is 0 Å². The Labute approximate surface area is 146 Å². The zero-order chi connectivity index (χ0) is 18.0. The second-order valence-corrected chi connectivity index (χ2v) is 6.70.